The summed E-state index contributed by atoms with van der Waals surface area (Å²) in [6, 6.07) is 21.2. The fourth-order valence-electron chi connectivity index (χ4n) is 5.10. The minimum Gasteiger partial charge on any atom is -0.371 e. The van der Waals surface area contributed by atoms with Gasteiger partial charge in [-0.25, -0.2) is 0 Å². The number of carbonyl (C=O) groups excluding carboxylic acids is 1. The van der Waals surface area contributed by atoms with Crippen LogP contribution in [0.3, 0.4) is 0 Å². The van der Waals surface area contributed by atoms with Gasteiger partial charge in [-0.2, -0.15) is 0 Å². The van der Waals surface area contributed by atoms with Gasteiger partial charge in [-0.1, -0.05) is 73.2 Å². The highest BCUT2D eigenvalue weighted by atomic mass is 32.2. The summed E-state index contributed by atoms with van der Waals surface area (Å²) in [6.07, 6.45) is 6.64. The van der Waals surface area contributed by atoms with Gasteiger partial charge in [0, 0.05) is 51.8 Å². The molecular weight excluding hydrogens is 460 g/mol. The lowest BCUT2D eigenvalue weighted by molar-refractivity contribution is 0.0992. The Hall–Kier alpha value is -3.11. The number of aliphatic imine (C=N–C) groups is 1. The first-order valence-electron chi connectivity index (χ1n) is 13.0. The summed E-state index contributed by atoms with van der Waals surface area (Å²) in [5.74, 6) is 0.184. The number of ketones is 1. The molecule has 184 valence electrons. The maximum Gasteiger partial charge on any atom is 0.166 e. The van der Waals surface area contributed by atoms with Gasteiger partial charge in [0.25, 0.3) is 0 Å². The summed E-state index contributed by atoms with van der Waals surface area (Å²) < 4.78 is 0. The van der Waals surface area contributed by atoms with Gasteiger partial charge in [0.15, 0.2) is 5.78 Å². The Balaban J connectivity index is 1.32. The van der Waals surface area contributed by atoms with E-state index in [-0.39, 0.29) is 5.78 Å². The number of hydrogen-bond acceptors (Lipinski definition) is 4. The minimum absolute atomic E-state index is 0.184. The van der Waals surface area contributed by atoms with E-state index in [1.807, 2.05) is 12.1 Å². The average Bonchev–Trinajstić information content (AvgIpc) is 3.20. The standard InChI is InChI=1S/C32H34N2OS/c1-4-8-27-26-10-5-6-11-31(26)36-32-15-14-25(21-28(32)33-27)30(35)20-24-9-7-17-34(18-16-24)29-19-22(2)12-13-23(29)3/h5-6,9-15,19,21H,4,7-8,16-18,20H2,1-3H3. The molecule has 0 unspecified atom stereocenters. The third-order valence-electron chi connectivity index (χ3n) is 7.07. The molecule has 0 amide bonds. The zero-order chi connectivity index (χ0) is 25.1. The molecule has 5 rings (SSSR count). The third kappa shape index (κ3) is 5.34. The van der Waals surface area contributed by atoms with Gasteiger partial charge in [0.05, 0.1) is 5.69 Å². The van der Waals surface area contributed by atoms with Crippen LogP contribution in [0.1, 0.15) is 66.1 Å². The van der Waals surface area contributed by atoms with Crippen molar-refractivity contribution in [3.63, 3.8) is 0 Å². The largest absolute Gasteiger partial charge is 0.371 e. The Morgan fingerprint density at radius 1 is 1.00 bits per heavy atom. The zero-order valence-electron chi connectivity index (χ0n) is 21.5. The molecule has 0 bridgehead atoms. The number of benzene rings is 3. The van der Waals surface area contributed by atoms with Crippen molar-refractivity contribution in [1.29, 1.82) is 0 Å². The molecule has 0 aliphatic carbocycles. The number of rotatable bonds is 6. The summed E-state index contributed by atoms with van der Waals surface area (Å²) in [5, 5.41) is 0. The number of Topliss-reactive ketones (excluding diaryl/α,β-unsaturated/α-hetero) is 1. The fraction of sp³-hybridized carbons (Fsp3) is 0.312. The van der Waals surface area contributed by atoms with E-state index in [0.29, 0.717) is 6.42 Å². The Labute approximate surface area is 219 Å². The molecule has 0 saturated heterocycles. The van der Waals surface area contributed by atoms with E-state index in [4.69, 9.17) is 4.99 Å². The van der Waals surface area contributed by atoms with Crippen molar-refractivity contribution in [1.82, 2.24) is 0 Å². The van der Waals surface area contributed by atoms with E-state index < -0.39 is 0 Å². The molecular formula is C32H34N2OS. The van der Waals surface area contributed by atoms with Crippen LogP contribution in [0.2, 0.25) is 0 Å². The van der Waals surface area contributed by atoms with E-state index >= 15 is 0 Å². The molecule has 0 radical (unpaired) electrons. The summed E-state index contributed by atoms with van der Waals surface area (Å²) >= 11 is 1.75. The lowest BCUT2D eigenvalue weighted by Gasteiger charge is -2.25. The monoisotopic (exact) mass is 494 g/mol. The molecule has 3 nitrogen and oxygen atoms in total. The molecule has 0 aromatic heterocycles. The van der Waals surface area contributed by atoms with Crippen molar-refractivity contribution in [3.8, 4) is 0 Å². The van der Waals surface area contributed by atoms with Crippen molar-refractivity contribution >= 4 is 34.6 Å². The van der Waals surface area contributed by atoms with E-state index in [0.717, 1.165) is 60.6 Å². The number of aryl methyl sites for hydroxylation is 2. The number of nitrogens with zero attached hydrogens (tertiary/aromatic N) is 2. The van der Waals surface area contributed by atoms with Gasteiger partial charge in [-0.15, -0.1) is 0 Å². The number of fused-ring (bicyclic) bond motifs is 2. The van der Waals surface area contributed by atoms with Gasteiger partial charge in [0.1, 0.15) is 0 Å². The average molecular weight is 495 g/mol. The first-order valence-corrected chi connectivity index (χ1v) is 13.9. The molecule has 2 heterocycles. The van der Waals surface area contributed by atoms with Crippen molar-refractivity contribution in [2.75, 3.05) is 18.0 Å². The fourth-order valence-corrected chi connectivity index (χ4v) is 6.12. The molecule has 0 atom stereocenters. The lowest BCUT2D eigenvalue weighted by atomic mass is 10.00. The molecule has 2 aliphatic rings. The Morgan fingerprint density at radius 2 is 1.86 bits per heavy atom. The van der Waals surface area contributed by atoms with E-state index in [1.54, 1.807) is 11.8 Å². The second kappa shape index (κ2) is 10.9. The second-order valence-electron chi connectivity index (χ2n) is 9.87. The second-order valence-corrected chi connectivity index (χ2v) is 11.0. The minimum atomic E-state index is 0.184. The molecule has 0 fully saturated rings. The predicted octanol–water partition coefficient (Wildman–Crippen LogP) is 8.49. The number of hydrogen-bond donors (Lipinski definition) is 0. The van der Waals surface area contributed by atoms with Gasteiger partial charge < -0.3 is 4.90 Å². The number of anilines is 1. The molecule has 2 aliphatic heterocycles. The first-order chi connectivity index (χ1) is 17.5. The van der Waals surface area contributed by atoms with Crippen molar-refractivity contribution in [2.45, 2.75) is 62.7 Å². The van der Waals surface area contributed by atoms with Crippen LogP contribution >= 0.6 is 11.8 Å². The van der Waals surface area contributed by atoms with E-state index in [1.165, 1.54) is 32.8 Å². The maximum atomic E-state index is 13.4. The van der Waals surface area contributed by atoms with E-state index in [9.17, 15) is 4.79 Å². The molecule has 0 N–H and O–H groups in total. The normalized spacial score (nSPS) is 15.2. The van der Waals surface area contributed by atoms with Crippen LogP contribution in [0.4, 0.5) is 11.4 Å². The molecule has 0 saturated carbocycles. The topological polar surface area (TPSA) is 32.7 Å². The van der Waals surface area contributed by atoms with Crippen LogP contribution in [0.25, 0.3) is 0 Å². The highest BCUT2D eigenvalue weighted by Gasteiger charge is 2.20. The molecule has 4 heteroatoms. The summed E-state index contributed by atoms with van der Waals surface area (Å²) in [5.41, 5.74) is 9.18. The Bertz CT molecular complexity index is 1350. The SMILES string of the molecule is CCCC1=Nc2cc(C(=O)CC3=CCCN(c4cc(C)ccc4C)CC3)ccc2Sc2ccccc21. The third-order valence-corrected chi connectivity index (χ3v) is 8.21. The van der Waals surface area contributed by atoms with E-state index in [2.05, 4.69) is 80.3 Å². The van der Waals surface area contributed by atoms with Crippen LogP contribution < -0.4 is 4.90 Å². The highest BCUT2D eigenvalue weighted by Crippen LogP contribution is 2.41. The van der Waals surface area contributed by atoms with Crippen molar-refractivity contribution in [3.05, 3.63) is 94.6 Å². The van der Waals surface area contributed by atoms with Crippen molar-refractivity contribution in [2.24, 2.45) is 4.99 Å². The molecule has 3 aromatic rings. The van der Waals surface area contributed by atoms with Gasteiger partial charge in [-0.05, 0) is 68.5 Å². The Kier molecular flexibility index (Phi) is 7.43. The number of carbonyl (C=O) groups is 1. The maximum absolute atomic E-state index is 13.4. The van der Waals surface area contributed by atoms with Crippen LogP contribution in [0.15, 0.2) is 87.1 Å². The summed E-state index contributed by atoms with van der Waals surface area (Å²) in [6.45, 7) is 8.46. The molecule has 36 heavy (non-hydrogen) atoms. The highest BCUT2D eigenvalue weighted by molar-refractivity contribution is 7.99. The van der Waals surface area contributed by atoms with Gasteiger partial charge in [0.2, 0.25) is 0 Å². The van der Waals surface area contributed by atoms with Crippen LogP contribution in [-0.2, 0) is 0 Å². The zero-order valence-corrected chi connectivity index (χ0v) is 22.3. The summed E-state index contributed by atoms with van der Waals surface area (Å²) in [7, 11) is 0. The summed E-state index contributed by atoms with van der Waals surface area (Å²) in [4.78, 5) is 23.2. The van der Waals surface area contributed by atoms with Crippen LogP contribution in [-0.4, -0.2) is 24.6 Å². The van der Waals surface area contributed by atoms with Crippen molar-refractivity contribution < 1.29 is 4.79 Å². The smallest absolute Gasteiger partial charge is 0.166 e. The quantitative estimate of drug-likeness (QED) is 0.254. The van der Waals surface area contributed by atoms with Gasteiger partial charge in [-0.3, -0.25) is 9.79 Å². The molecule has 0 spiro atoms. The van der Waals surface area contributed by atoms with Crippen LogP contribution in [0.5, 0.6) is 0 Å². The lowest BCUT2D eigenvalue weighted by Crippen LogP contribution is -2.25. The first kappa shape index (κ1) is 24.6. The molecule has 3 aromatic carbocycles. The van der Waals surface area contributed by atoms with Gasteiger partial charge >= 0.3 is 0 Å². The Morgan fingerprint density at radius 3 is 2.72 bits per heavy atom. The van der Waals surface area contributed by atoms with Crippen LogP contribution in [0, 0.1) is 13.8 Å². The predicted molar refractivity (Wildman–Crippen MR) is 153 cm³/mol.